The summed E-state index contributed by atoms with van der Waals surface area (Å²) >= 11 is 0. The fraction of sp³-hybridized carbons (Fsp3) is 0.567. The topological polar surface area (TPSA) is 60.4 Å². The van der Waals surface area contributed by atoms with Gasteiger partial charge in [0.1, 0.15) is 13.2 Å². The van der Waals surface area contributed by atoms with Gasteiger partial charge in [0.05, 0.1) is 6.04 Å². The zero-order chi connectivity index (χ0) is 26.0. The lowest BCUT2D eigenvalue weighted by atomic mass is 9.87. The van der Waals surface area contributed by atoms with Crippen LogP contribution in [0.25, 0.3) is 0 Å². The first-order valence-electron chi connectivity index (χ1n) is 13.7. The number of aliphatic imine (C=N–C) groups is 1. The molecule has 2 saturated heterocycles. The smallest absolute Gasteiger partial charge is 0.197 e. The van der Waals surface area contributed by atoms with Crippen LogP contribution in [0.4, 0.5) is 10.1 Å². The standard InChI is InChI=1S/C30H40FN3O3/c1-30(2,3)23-6-8-25(9-7-23)34-13-10-22(19-34)29(35)32-24(20-33-11-4-5-12-33)16-21-17-26(31)28-27(18-21)36-14-15-37-28/h6-9,17-18,22,24H,4-5,10-16,19-20H2,1-3H3,(H,32,35)/p-1/t22-,24?/m1/s1. The van der Waals surface area contributed by atoms with E-state index in [-0.39, 0.29) is 29.0 Å². The van der Waals surface area contributed by atoms with Crippen LogP contribution in [-0.4, -0.2) is 62.8 Å². The number of likely N-dealkylation sites (tertiary alicyclic amines) is 1. The summed E-state index contributed by atoms with van der Waals surface area (Å²) in [6.07, 6.45) is 3.65. The monoisotopic (exact) mass is 508 g/mol. The second kappa shape index (κ2) is 10.9. The molecule has 3 aliphatic rings. The van der Waals surface area contributed by atoms with Gasteiger partial charge in [-0.2, -0.15) is 0 Å². The normalized spacial score (nSPS) is 21.5. The van der Waals surface area contributed by atoms with Gasteiger partial charge in [-0.15, -0.1) is 0 Å². The van der Waals surface area contributed by atoms with Gasteiger partial charge in [-0.05, 0) is 85.5 Å². The molecule has 0 spiro atoms. The minimum Gasteiger partial charge on any atom is -0.862 e. The Kier molecular flexibility index (Phi) is 7.61. The molecule has 0 radical (unpaired) electrons. The number of benzene rings is 2. The Bertz CT molecular complexity index is 1110. The van der Waals surface area contributed by atoms with Gasteiger partial charge in [-0.25, -0.2) is 4.39 Å². The summed E-state index contributed by atoms with van der Waals surface area (Å²) in [5.74, 6) is 0.0656. The van der Waals surface area contributed by atoms with Crippen LogP contribution in [-0.2, 0) is 11.8 Å². The van der Waals surface area contributed by atoms with Gasteiger partial charge in [-0.1, -0.05) is 32.9 Å². The summed E-state index contributed by atoms with van der Waals surface area (Å²) in [7, 11) is 0. The van der Waals surface area contributed by atoms with Crippen LogP contribution in [0.2, 0.25) is 0 Å². The fourth-order valence-electron chi connectivity index (χ4n) is 5.62. The van der Waals surface area contributed by atoms with Crippen LogP contribution in [0.1, 0.15) is 51.2 Å². The number of nitrogens with zero attached hydrogens (tertiary/aromatic N) is 3. The van der Waals surface area contributed by atoms with Crippen molar-refractivity contribution >= 4 is 11.6 Å². The molecule has 0 aliphatic carbocycles. The van der Waals surface area contributed by atoms with Crippen molar-refractivity contribution in [3.05, 3.63) is 53.3 Å². The molecule has 0 amide bonds. The fourth-order valence-corrected chi connectivity index (χ4v) is 5.62. The van der Waals surface area contributed by atoms with Gasteiger partial charge in [0.15, 0.2) is 17.3 Å². The van der Waals surface area contributed by atoms with E-state index in [4.69, 9.17) is 14.5 Å². The number of hydrogen-bond donors (Lipinski definition) is 0. The lowest BCUT2D eigenvalue weighted by Gasteiger charge is -2.27. The zero-order valence-electron chi connectivity index (χ0n) is 22.3. The van der Waals surface area contributed by atoms with Crippen molar-refractivity contribution in [2.75, 3.05) is 50.8 Å². The number of halogens is 1. The average molecular weight is 509 g/mol. The average Bonchev–Trinajstić information content (AvgIpc) is 3.56. The van der Waals surface area contributed by atoms with Crippen molar-refractivity contribution < 1.29 is 19.0 Å². The lowest BCUT2D eigenvalue weighted by Crippen LogP contribution is -2.36. The molecule has 6 nitrogen and oxygen atoms in total. The van der Waals surface area contributed by atoms with E-state index in [1.165, 1.54) is 24.5 Å². The third-order valence-corrected chi connectivity index (χ3v) is 7.74. The van der Waals surface area contributed by atoms with Crippen molar-refractivity contribution in [2.24, 2.45) is 10.9 Å². The Morgan fingerprint density at radius 1 is 1.08 bits per heavy atom. The van der Waals surface area contributed by atoms with Gasteiger partial charge < -0.3 is 29.4 Å². The molecular weight excluding hydrogens is 469 g/mol. The Morgan fingerprint density at radius 2 is 1.81 bits per heavy atom. The molecule has 3 aliphatic heterocycles. The summed E-state index contributed by atoms with van der Waals surface area (Å²) < 4.78 is 25.7. The first-order chi connectivity index (χ1) is 17.8. The molecule has 2 fully saturated rings. The van der Waals surface area contributed by atoms with E-state index in [0.717, 1.165) is 37.3 Å². The molecule has 37 heavy (non-hydrogen) atoms. The van der Waals surface area contributed by atoms with E-state index >= 15 is 0 Å². The first-order valence-corrected chi connectivity index (χ1v) is 13.7. The number of anilines is 1. The quantitative estimate of drug-likeness (QED) is 0.415. The number of fused-ring (bicyclic) bond motifs is 1. The molecule has 5 rings (SSSR count). The molecular formula is C30H39FN3O3-. The third-order valence-electron chi connectivity index (χ3n) is 7.74. The third kappa shape index (κ3) is 6.20. The molecule has 3 heterocycles. The second-order valence-corrected chi connectivity index (χ2v) is 11.7. The van der Waals surface area contributed by atoms with Gasteiger partial charge >= 0.3 is 0 Å². The highest BCUT2D eigenvalue weighted by Gasteiger charge is 2.26. The van der Waals surface area contributed by atoms with Crippen LogP contribution in [0.15, 0.2) is 41.4 Å². The number of rotatable bonds is 7. The largest absolute Gasteiger partial charge is 0.862 e. The van der Waals surface area contributed by atoms with Crippen LogP contribution < -0.4 is 19.5 Å². The molecule has 2 aromatic carbocycles. The van der Waals surface area contributed by atoms with Gasteiger partial charge in [0, 0.05) is 31.2 Å². The summed E-state index contributed by atoms with van der Waals surface area (Å²) in [6, 6.07) is 11.8. The SMILES string of the molecule is CC(C)(C)c1ccc(N2CC[C@@H](C([O-])=NC(Cc3cc(F)c4c(c3)OCCO4)CN3CCCC3)C2)cc1. The maximum Gasteiger partial charge on any atom is 0.197 e. The van der Waals surface area contributed by atoms with Crippen molar-refractivity contribution in [3.63, 3.8) is 0 Å². The number of hydrogen-bond acceptors (Lipinski definition) is 6. The van der Waals surface area contributed by atoms with Crippen molar-refractivity contribution in [2.45, 2.75) is 57.9 Å². The summed E-state index contributed by atoms with van der Waals surface area (Å²) in [6.45, 7) is 11.7. The molecule has 0 saturated carbocycles. The maximum absolute atomic E-state index is 14.7. The second-order valence-electron chi connectivity index (χ2n) is 11.7. The summed E-state index contributed by atoms with van der Waals surface area (Å²) in [5, 5.41) is 13.4. The van der Waals surface area contributed by atoms with E-state index in [2.05, 4.69) is 54.8 Å². The van der Waals surface area contributed by atoms with E-state index in [1.54, 1.807) is 0 Å². The Hall–Kier alpha value is -2.80. The predicted octanol–water partition coefficient (Wildman–Crippen LogP) is 4.19. The first kappa shape index (κ1) is 25.8. The molecule has 0 bridgehead atoms. The van der Waals surface area contributed by atoms with Crippen LogP contribution in [0.5, 0.6) is 11.5 Å². The molecule has 2 atom stereocenters. The van der Waals surface area contributed by atoms with Crippen LogP contribution in [0.3, 0.4) is 0 Å². The van der Waals surface area contributed by atoms with E-state index in [0.29, 0.717) is 38.5 Å². The Morgan fingerprint density at radius 3 is 2.54 bits per heavy atom. The molecule has 1 unspecified atom stereocenters. The van der Waals surface area contributed by atoms with Gasteiger partial charge in [0.25, 0.3) is 0 Å². The van der Waals surface area contributed by atoms with E-state index in [9.17, 15) is 9.50 Å². The van der Waals surface area contributed by atoms with E-state index < -0.39 is 5.82 Å². The molecule has 0 N–H and O–H groups in total. The highest BCUT2D eigenvalue weighted by Crippen LogP contribution is 2.35. The Labute approximate surface area is 220 Å². The van der Waals surface area contributed by atoms with Gasteiger partial charge in [-0.3, -0.25) is 0 Å². The summed E-state index contributed by atoms with van der Waals surface area (Å²) in [4.78, 5) is 9.39. The van der Waals surface area contributed by atoms with Crippen molar-refractivity contribution in [3.8, 4) is 11.5 Å². The van der Waals surface area contributed by atoms with E-state index in [1.807, 2.05) is 6.07 Å². The molecule has 7 heteroatoms. The molecule has 2 aromatic rings. The highest BCUT2D eigenvalue weighted by molar-refractivity contribution is 5.76. The highest BCUT2D eigenvalue weighted by atomic mass is 19.1. The lowest BCUT2D eigenvalue weighted by molar-refractivity contribution is -0.223. The summed E-state index contributed by atoms with van der Waals surface area (Å²) in [5.41, 5.74) is 3.36. The maximum atomic E-state index is 14.7. The molecule has 0 aromatic heterocycles. The minimum atomic E-state index is -0.414. The van der Waals surface area contributed by atoms with Crippen molar-refractivity contribution in [1.82, 2.24) is 4.90 Å². The van der Waals surface area contributed by atoms with Crippen LogP contribution in [0, 0.1) is 11.7 Å². The molecule has 200 valence electrons. The van der Waals surface area contributed by atoms with Crippen LogP contribution >= 0.6 is 0 Å². The Balaban J connectivity index is 1.29. The zero-order valence-corrected chi connectivity index (χ0v) is 22.3. The minimum absolute atomic E-state index is 0.0315. The predicted molar refractivity (Wildman–Crippen MR) is 143 cm³/mol. The van der Waals surface area contributed by atoms with Gasteiger partial charge in [0.2, 0.25) is 0 Å². The number of ether oxygens (including phenoxy) is 2. The van der Waals surface area contributed by atoms with Crippen molar-refractivity contribution in [1.29, 1.82) is 0 Å².